The first-order valence-electron chi connectivity index (χ1n) is 8.79. The fourth-order valence-electron chi connectivity index (χ4n) is 2.32. The van der Waals surface area contributed by atoms with Gasteiger partial charge in [0.05, 0.1) is 4.90 Å². The quantitative estimate of drug-likeness (QED) is 0.537. The van der Waals surface area contributed by atoms with Gasteiger partial charge in [-0.15, -0.1) is 10.2 Å². The van der Waals surface area contributed by atoms with Crippen molar-refractivity contribution in [3.63, 3.8) is 0 Å². The Balaban J connectivity index is 1.45. The highest BCUT2D eigenvalue weighted by Crippen LogP contribution is 2.16. The maximum Gasteiger partial charge on any atom is 0.264 e. The van der Waals surface area contributed by atoms with E-state index in [0.29, 0.717) is 22.3 Å². The number of rotatable bonds is 9. The molecule has 0 atom stereocenters. The lowest BCUT2D eigenvalue weighted by Crippen LogP contribution is -2.25. The summed E-state index contributed by atoms with van der Waals surface area (Å²) in [5, 5.41) is 11.4. The standard InChI is InChI=1S/C19H20N4O4S2/c1-14-7-9-16(10-8-14)29(25,26)20-12-11-18-22-23-19(28-18)21-17(24)13-27-15-5-3-2-4-6-15/h2-10,20H,11-13H2,1H3,(H,21,23,24). The molecule has 152 valence electrons. The van der Waals surface area contributed by atoms with Gasteiger partial charge < -0.3 is 4.74 Å². The second-order valence-corrected chi connectivity index (χ2v) is 8.94. The fourth-order valence-corrected chi connectivity index (χ4v) is 4.11. The van der Waals surface area contributed by atoms with Gasteiger partial charge >= 0.3 is 0 Å². The third-order valence-electron chi connectivity index (χ3n) is 3.79. The molecule has 0 unspecified atom stereocenters. The average molecular weight is 433 g/mol. The highest BCUT2D eigenvalue weighted by molar-refractivity contribution is 7.89. The van der Waals surface area contributed by atoms with E-state index in [9.17, 15) is 13.2 Å². The zero-order valence-corrected chi connectivity index (χ0v) is 17.3. The molecule has 0 aliphatic heterocycles. The summed E-state index contributed by atoms with van der Waals surface area (Å²) < 4.78 is 32.4. The second kappa shape index (κ2) is 9.59. The lowest BCUT2D eigenvalue weighted by atomic mass is 10.2. The predicted octanol–water partition coefficient (Wildman–Crippen LogP) is 2.39. The Bertz CT molecular complexity index is 1050. The molecule has 1 heterocycles. The van der Waals surface area contributed by atoms with Crippen molar-refractivity contribution in [2.45, 2.75) is 18.2 Å². The highest BCUT2D eigenvalue weighted by atomic mass is 32.2. The highest BCUT2D eigenvalue weighted by Gasteiger charge is 2.14. The molecule has 3 aromatic rings. The maximum absolute atomic E-state index is 12.3. The third kappa shape index (κ3) is 6.34. The zero-order chi connectivity index (χ0) is 20.7. The summed E-state index contributed by atoms with van der Waals surface area (Å²) in [5.41, 5.74) is 0.988. The Morgan fingerprint density at radius 1 is 1.07 bits per heavy atom. The summed E-state index contributed by atoms with van der Waals surface area (Å²) in [7, 11) is -3.57. The zero-order valence-electron chi connectivity index (χ0n) is 15.7. The van der Waals surface area contributed by atoms with Gasteiger partial charge in [-0.3, -0.25) is 10.1 Å². The molecule has 0 aliphatic rings. The molecule has 0 spiro atoms. The average Bonchev–Trinajstić information content (AvgIpc) is 3.14. The van der Waals surface area contributed by atoms with E-state index in [1.807, 2.05) is 25.1 Å². The van der Waals surface area contributed by atoms with Crippen molar-refractivity contribution in [3.8, 4) is 5.75 Å². The summed E-state index contributed by atoms with van der Waals surface area (Å²) in [4.78, 5) is 12.1. The predicted molar refractivity (Wildman–Crippen MR) is 111 cm³/mol. The van der Waals surface area contributed by atoms with Gasteiger partial charge in [-0.05, 0) is 31.2 Å². The summed E-state index contributed by atoms with van der Waals surface area (Å²) in [5.74, 6) is 0.248. The van der Waals surface area contributed by atoms with Crippen molar-refractivity contribution in [2.75, 3.05) is 18.5 Å². The number of carbonyl (C=O) groups excluding carboxylic acids is 1. The lowest BCUT2D eigenvalue weighted by molar-refractivity contribution is -0.118. The molecule has 29 heavy (non-hydrogen) atoms. The van der Waals surface area contributed by atoms with E-state index in [0.717, 1.165) is 5.56 Å². The van der Waals surface area contributed by atoms with Crippen molar-refractivity contribution in [3.05, 3.63) is 65.2 Å². The van der Waals surface area contributed by atoms with E-state index in [2.05, 4.69) is 20.2 Å². The number of carbonyl (C=O) groups is 1. The van der Waals surface area contributed by atoms with Crippen LogP contribution in [0.3, 0.4) is 0 Å². The van der Waals surface area contributed by atoms with Crippen LogP contribution >= 0.6 is 11.3 Å². The van der Waals surface area contributed by atoms with Crippen LogP contribution in [0.1, 0.15) is 10.6 Å². The van der Waals surface area contributed by atoms with Crippen molar-refractivity contribution in [1.82, 2.24) is 14.9 Å². The minimum Gasteiger partial charge on any atom is -0.484 e. The van der Waals surface area contributed by atoms with Crippen molar-refractivity contribution in [1.29, 1.82) is 0 Å². The molecular formula is C19H20N4O4S2. The van der Waals surface area contributed by atoms with E-state index in [-0.39, 0.29) is 24.0 Å². The summed E-state index contributed by atoms with van der Waals surface area (Å²) in [6.45, 7) is 1.93. The van der Waals surface area contributed by atoms with Crippen LogP contribution in [0.15, 0.2) is 59.5 Å². The first kappa shape index (κ1) is 20.9. The summed E-state index contributed by atoms with van der Waals surface area (Å²) in [6.07, 6.45) is 0.360. The van der Waals surface area contributed by atoms with Crippen LogP contribution in [0.25, 0.3) is 0 Å². The number of para-hydroxylation sites is 1. The number of anilines is 1. The SMILES string of the molecule is Cc1ccc(S(=O)(=O)NCCc2nnc(NC(=O)COc3ccccc3)s2)cc1. The van der Waals surface area contributed by atoms with Gasteiger partial charge in [-0.1, -0.05) is 47.2 Å². The number of aryl methyl sites for hydroxylation is 1. The fraction of sp³-hybridized carbons (Fsp3) is 0.211. The molecule has 0 bridgehead atoms. The number of amides is 1. The molecule has 1 amide bonds. The molecule has 3 rings (SSSR count). The molecule has 1 aromatic heterocycles. The number of ether oxygens (including phenoxy) is 1. The Labute approximate surface area is 173 Å². The monoisotopic (exact) mass is 432 g/mol. The van der Waals surface area contributed by atoms with Gasteiger partial charge in [0.2, 0.25) is 15.2 Å². The van der Waals surface area contributed by atoms with Gasteiger partial charge in [0, 0.05) is 13.0 Å². The number of sulfonamides is 1. The molecule has 0 aliphatic carbocycles. The first-order valence-corrected chi connectivity index (χ1v) is 11.1. The van der Waals surface area contributed by atoms with Crippen molar-refractivity contribution < 1.29 is 17.9 Å². The number of nitrogens with one attached hydrogen (secondary N) is 2. The van der Waals surface area contributed by atoms with E-state index >= 15 is 0 Å². The smallest absolute Gasteiger partial charge is 0.264 e. The van der Waals surface area contributed by atoms with Crippen LogP contribution in [-0.4, -0.2) is 37.7 Å². The van der Waals surface area contributed by atoms with Gasteiger partial charge in [0.1, 0.15) is 10.8 Å². The molecule has 0 saturated heterocycles. The van der Waals surface area contributed by atoms with Crippen molar-refractivity contribution in [2.24, 2.45) is 0 Å². The normalized spacial score (nSPS) is 11.2. The molecule has 10 heteroatoms. The van der Waals surface area contributed by atoms with Gasteiger partial charge in [0.15, 0.2) is 6.61 Å². The molecule has 0 fully saturated rings. The number of hydrogen-bond donors (Lipinski definition) is 2. The van der Waals surface area contributed by atoms with Crippen LogP contribution in [0.2, 0.25) is 0 Å². The molecule has 2 aromatic carbocycles. The van der Waals surface area contributed by atoms with Crippen LogP contribution in [0.4, 0.5) is 5.13 Å². The number of nitrogens with zero attached hydrogens (tertiary/aromatic N) is 2. The third-order valence-corrected chi connectivity index (χ3v) is 6.16. The van der Waals surface area contributed by atoms with Crippen molar-refractivity contribution >= 4 is 32.4 Å². The summed E-state index contributed by atoms with van der Waals surface area (Å²) >= 11 is 1.19. The second-order valence-electron chi connectivity index (χ2n) is 6.11. The minimum absolute atomic E-state index is 0.144. The Kier molecular flexibility index (Phi) is 6.91. The maximum atomic E-state index is 12.3. The topological polar surface area (TPSA) is 110 Å². The molecule has 0 saturated carbocycles. The van der Waals surface area contributed by atoms with Crippen LogP contribution in [-0.2, 0) is 21.2 Å². The molecular weight excluding hydrogens is 412 g/mol. The number of benzene rings is 2. The molecule has 8 nitrogen and oxygen atoms in total. The van der Waals surface area contributed by atoms with Crippen LogP contribution < -0.4 is 14.8 Å². The van der Waals surface area contributed by atoms with E-state index in [4.69, 9.17) is 4.74 Å². The lowest BCUT2D eigenvalue weighted by Gasteiger charge is -2.06. The Hall–Kier alpha value is -2.82. The van der Waals surface area contributed by atoms with E-state index in [1.54, 1.807) is 36.4 Å². The largest absolute Gasteiger partial charge is 0.484 e. The van der Waals surface area contributed by atoms with Crippen LogP contribution in [0, 0.1) is 6.92 Å². The molecule has 0 radical (unpaired) electrons. The Morgan fingerprint density at radius 2 is 1.79 bits per heavy atom. The number of aromatic nitrogens is 2. The molecule has 2 N–H and O–H groups in total. The first-order chi connectivity index (χ1) is 13.9. The van der Waals surface area contributed by atoms with Gasteiger partial charge in [0.25, 0.3) is 5.91 Å². The van der Waals surface area contributed by atoms with E-state index in [1.165, 1.54) is 11.3 Å². The van der Waals surface area contributed by atoms with Crippen LogP contribution in [0.5, 0.6) is 5.75 Å². The minimum atomic E-state index is -3.57. The van der Waals surface area contributed by atoms with Gasteiger partial charge in [-0.25, -0.2) is 13.1 Å². The van der Waals surface area contributed by atoms with E-state index < -0.39 is 10.0 Å². The Morgan fingerprint density at radius 3 is 2.52 bits per heavy atom. The number of hydrogen-bond acceptors (Lipinski definition) is 7. The summed E-state index contributed by atoms with van der Waals surface area (Å²) in [6, 6.07) is 15.6. The van der Waals surface area contributed by atoms with Gasteiger partial charge in [-0.2, -0.15) is 0 Å².